The minimum absolute atomic E-state index is 0.00381. The third-order valence-electron chi connectivity index (χ3n) is 5.20. The minimum atomic E-state index is -0.216. The van der Waals surface area contributed by atoms with Crippen LogP contribution in [0.5, 0.6) is 0 Å². The smallest absolute Gasteiger partial charge is 0.264 e. The molecule has 1 aromatic rings. The van der Waals surface area contributed by atoms with E-state index in [1.54, 1.807) is 11.0 Å². The average molecular weight is 357 g/mol. The molecule has 1 amide bonds. The van der Waals surface area contributed by atoms with Crippen LogP contribution in [-0.2, 0) is 20.8 Å². The summed E-state index contributed by atoms with van der Waals surface area (Å²) in [5.74, 6) is -0.216. The van der Waals surface area contributed by atoms with E-state index in [0.717, 1.165) is 42.9 Å². The molecule has 2 saturated heterocycles. The first-order valence-corrected chi connectivity index (χ1v) is 9.30. The van der Waals surface area contributed by atoms with Gasteiger partial charge in [-0.25, -0.2) is 0 Å². The van der Waals surface area contributed by atoms with Gasteiger partial charge in [-0.05, 0) is 51.3 Å². The molecule has 140 valence electrons. The topological polar surface area (TPSA) is 67.5 Å². The highest BCUT2D eigenvalue weighted by Gasteiger charge is 2.25. The van der Waals surface area contributed by atoms with Crippen molar-refractivity contribution in [1.82, 2.24) is 9.47 Å². The summed E-state index contributed by atoms with van der Waals surface area (Å²) in [5.41, 5.74) is 3.28. The molecule has 3 rings (SSSR count). The molecule has 6 heteroatoms. The number of aromatic nitrogens is 1. The van der Waals surface area contributed by atoms with Crippen LogP contribution in [0, 0.1) is 25.2 Å². The fraction of sp³-hybridized carbons (Fsp3) is 0.600. The number of carbonyl (C=O) groups excluding carboxylic acids is 1. The van der Waals surface area contributed by atoms with Gasteiger partial charge in [0.2, 0.25) is 0 Å². The van der Waals surface area contributed by atoms with Crippen molar-refractivity contribution < 1.29 is 14.3 Å². The molecule has 2 aliphatic rings. The second-order valence-electron chi connectivity index (χ2n) is 7.17. The standard InChI is InChI=1S/C20H27N3O3/c1-14-9-17(16(3)23(14)13-19-5-4-7-26-19)10-18(11-21)20(24)22-6-8-25-15(2)12-22/h9-10,15,19H,4-8,12-13H2,1-3H3/b18-10+. The molecule has 0 aromatic carbocycles. The van der Waals surface area contributed by atoms with Gasteiger partial charge in [0, 0.05) is 37.6 Å². The molecule has 26 heavy (non-hydrogen) atoms. The van der Waals surface area contributed by atoms with E-state index >= 15 is 0 Å². The van der Waals surface area contributed by atoms with Gasteiger partial charge in [0.1, 0.15) is 11.6 Å². The van der Waals surface area contributed by atoms with E-state index in [4.69, 9.17) is 9.47 Å². The molecule has 6 nitrogen and oxygen atoms in total. The van der Waals surface area contributed by atoms with Crippen LogP contribution in [0.4, 0.5) is 0 Å². The lowest BCUT2D eigenvalue weighted by atomic mass is 10.1. The maximum absolute atomic E-state index is 12.7. The summed E-state index contributed by atoms with van der Waals surface area (Å²) in [6.45, 7) is 9.25. The summed E-state index contributed by atoms with van der Waals surface area (Å²) < 4.78 is 13.4. The fourth-order valence-electron chi connectivity index (χ4n) is 3.72. The van der Waals surface area contributed by atoms with Gasteiger partial charge in [-0.3, -0.25) is 4.79 Å². The third kappa shape index (κ3) is 4.00. The van der Waals surface area contributed by atoms with Gasteiger partial charge < -0.3 is 18.9 Å². The zero-order chi connectivity index (χ0) is 18.7. The maximum atomic E-state index is 12.7. The van der Waals surface area contributed by atoms with Crippen molar-refractivity contribution in [3.8, 4) is 6.07 Å². The van der Waals surface area contributed by atoms with Gasteiger partial charge in [0.05, 0.1) is 18.8 Å². The lowest BCUT2D eigenvalue weighted by Gasteiger charge is -2.30. The van der Waals surface area contributed by atoms with Crippen LogP contribution < -0.4 is 0 Å². The van der Waals surface area contributed by atoms with Crippen LogP contribution in [0.25, 0.3) is 6.08 Å². The van der Waals surface area contributed by atoms with Gasteiger partial charge in [0.15, 0.2) is 0 Å². The number of amides is 1. The Bertz CT molecular complexity index is 738. The van der Waals surface area contributed by atoms with E-state index in [1.807, 2.05) is 19.9 Å². The molecule has 0 aliphatic carbocycles. The monoisotopic (exact) mass is 357 g/mol. The summed E-state index contributed by atoms with van der Waals surface area (Å²) in [7, 11) is 0. The molecular formula is C20H27N3O3. The molecule has 3 heterocycles. The molecule has 1 aromatic heterocycles. The van der Waals surface area contributed by atoms with Crippen LogP contribution in [0.1, 0.15) is 36.7 Å². The highest BCUT2D eigenvalue weighted by atomic mass is 16.5. The van der Waals surface area contributed by atoms with Crippen molar-refractivity contribution in [2.75, 3.05) is 26.3 Å². The molecule has 2 atom stereocenters. The normalized spacial score (nSPS) is 23.9. The molecule has 0 bridgehead atoms. The Morgan fingerprint density at radius 3 is 2.85 bits per heavy atom. The molecular weight excluding hydrogens is 330 g/mol. The number of aryl methyl sites for hydroxylation is 1. The van der Waals surface area contributed by atoms with Crippen LogP contribution in [0.15, 0.2) is 11.6 Å². The summed E-state index contributed by atoms with van der Waals surface area (Å²) >= 11 is 0. The molecule has 0 radical (unpaired) electrons. The van der Waals surface area contributed by atoms with Gasteiger partial charge in [-0.1, -0.05) is 0 Å². The number of nitriles is 1. The number of carbonyl (C=O) groups is 1. The number of ether oxygens (including phenoxy) is 2. The number of hydrogen-bond donors (Lipinski definition) is 0. The Labute approximate surface area is 155 Å². The van der Waals surface area contributed by atoms with Gasteiger partial charge in [-0.2, -0.15) is 5.26 Å². The van der Waals surface area contributed by atoms with E-state index in [0.29, 0.717) is 19.7 Å². The van der Waals surface area contributed by atoms with Crippen molar-refractivity contribution in [1.29, 1.82) is 5.26 Å². The highest BCUT2D eigenvalue weighted by Crippen LogP contribution is 2.22. The summed E-state index contributed by atoms with van der Waals surface area (Å²) in [6.07, 6.45) is 4.17. The van der Waals surface area contributed by atoms with E-state index in [1.165, 1.54) is 0 Å². The molecule has 2 aliphatic heterocycles. The first kappa shape index (κ1) is 18.7. The summed E-state index contributed by atoms with van der Waals surface area (Å²) in [5, 5.41) is 9.53. The fourth-order valence-corrected chi connectivity index (χ4v) is 3.72. The Morgan fingerprint density at radius 2 is 2.19 bits per heavy atom. The third-order valence-corrected chi connectivity index (χ3v) is 5.20. The molecule has 2 unspecified atom stereocenters. The average Bonchev–Trinajstić information content (AvgIpc) is 3.23. The van der Waals surface area contributed by atoms with Gasteiger partial charge >= 0.3 is 0 Å². The number of nitrogens with zero attached hydrogens (tertiary/aromatic N) is 3. The van der Waals surface area contributed by atoms with Crippen molar-refractivity contribution in [3.63, 3.8) is 0 Å². The van der Waals surface area contributed by atoms with Crippen molar-refractivity contribution in [3.05, 3.63) is 28.6 Å². The largest absolute Gasteiger partial charge is 0.376 e. The number of morpholine rings is 1. The summed E-state index contributed by atoms with van der Waals surface area (Å²) in [4.78, 5) is 14.4. The quantitative estimate of drug-likeness (QED) is 0.613. The van der Waals surface area contributed by atoms with Crippen LogP contribution >= 0.6 is 0 Å². The zero-order valence-electron chi connectivity index (χ0n) is 15.8. The predicted molar refractivity (Wildman–Crippen MR) is 98.5 cm³/mol. The SMILES string of the molecule is Cc1cc(/C=C(\C#N)C(=O)N2CCOC(C)C2)c(C)n1CC1CCCO1. The van der Waals surface area contributed by atoms with E-state index < -0.39 is 0 Å². The van der Waals surface area contributed by atoms with E-state index in [9.17, 15) is 10.1 Å². The molecule has 0 saturated carbocycles. The molecule has 0 N–H and O–H groups in total. The Morgan fingerprint density at radius 1 is 1.38 bits per heavy atom. The highest BCUT2D eigenvalue weighted by molar-refractivity contribution is 6.01. The molecule has 0 spiro atoms. The Balaban J connectivity index is 1.80. The first-order chi connectivity index (χ1) is 12.5. The lowest BCUT2D eigenvalue weighted by Crippen LogP contribution is -2.44. The zero-order valence-corrected chi connectivity index (χ0v) is 15.8. The first-order valence-electron chi connectivity index (χ1n) is 9.30. The van der Waals surface area contributed by atoms with Crippen molar-refractivity contribution in [2.45, 2.75) is 52.4 Å². The van der Waals surface area contributed by atoms with E-state index in [-0.39, 0.29) is 23.7 Å². The maximum Gasteiger partial charge on any atom is 0.264 e. The van der Waals surface area contributed by atoms with Crippen molar-refractivity contribution >= 4 is 12.0 Å². The van der Waals surface area contributed by atoms with Crippen LogP contribution in [0.3, 0.4) is 0 Å². The van der Waals surface area contributed by atoms with Gasteiger partial charge in [-0.15, -0.1) is 0 Å². The lowest BCUT2D eigenvalue weighted by molar-refractivity contribution is -0.133. The van der Waals surface area contributed by atoms with Gasteiger partial charge in [0.25, 0.3) is 5.91 Å². The van der Waals surface area contributed by atoms with Crippen molar-refractivity contribution in [2.24, 2.45) is 0 Å². The van der Waals surface area contributed by atoms with Crippen LogP contribution in [-0.4, -0.2) is 53.9 Å². The predicted octanol–water partition coefficient (Wildman–Crippen LogP) is 2.44. The number of hydrogen-bond acceptors (Lipinski definition) is 4. The Kier molecular flexibility index (Phi) is 5.80. The van der Waals surface area contributed by atoms with Crippen LogP contribution in [0.2, 0.25) is 0 Å². The second-order valence-corrected chi connectivity index (χ2v) is 7.17. The molecule has 2 fully saturated rings. The van der Waals surface area contributed by atoms with E-state index in [2.05, 4.69) is 17.6 Å². The second kappa shape index (κ2) is 8.07. The summed E-state index contributed by atoms with van der Waals surface area (Å²) in [6, 6.07) is 4.13. The number of rotatable bonds is 4. The Hall–Kier alpha value is -2.10. The minimum Gasteiger partial charge on any atom is -0.376 e.